The molecular formula is C67H63IrN3O-2. The van der Waals surface area contributed by atoms with Crippen molar-refractivity contribution in [1.82, 2.24) is 14.5 Å². The molecule has 0 fully saturated rings. The van der Waals surface area contributed by atoms with Gasteiger partial charge in [0.2, 0.25) is 0 Å². The largest absolute Gasteiger partial charge is 0.501 e. The van der Waals surface area contributed by atoms with Crippen LogP contribution in [0.3, 0.4) is 0 Å². The first kappa shape index (κ1) is 49.0. The molecule has 0 saturated heterocycles. The van der Waals surface area contributed by atoms with E-state index in [-0.39, 0.29) is 48.2 Å². The molecule has 3 heterocycles. The number of furan rings is 1. The van der Waals surface area contributed by atoms with Crippen molar-refractivity contribution in [3.63, 3.8) is 0 Å². The molecule has 3 aromatic heterocycles. The Morgan fingerprint density at radius 3 is 2.04 bits per heavy atom. The van der Waals surface area contributed by atoms with Gasteiger partial charge in [0.1, 0.15) is 5.58 Å². The number of benzene rings is 8. The van der Waals surface area contributed by atoms with Crippen molar-refractivity contribution in [2.45, 2.75) is 111 Å². The Morgan fingerprint density at radius 1 is 0.625 bits per heavy atom. The number of hydrogen-bond donors (Lipinski definition) is 0. The zero-order valence-electron chi connectivity index (χ0n) is 43.5. The Labute approximate surface area is 438 Å². The van der Waals surface area contributed by atoms with Crippen LogP contribution in [0.2, 0.25) is 0 Å². The van der Waals surface area contributed by atoms with Gasteiger partial charge in [-0.3, -0.25) is 4.98 Å². The van der Waals surface area contributed by atoms with Crippen LogP contribution in [0.15, 0.2) is 162 Å². The molecule has 0 unspecified atom stereocenters. The fourth-order valence-corrected chi connectivity index (χ4v) is 11.6. The summed E-state index contributed by atoms with van der Waals surface area (Å²) < 4.78 is 9.41. The van der Waals surface area contributed by atoms with Gasteiger partial charge in [-0.2, -0.15) is 0 Å². The van der Waals surface area contributed by atoms with Crippen LogP contribution < -0.4 is 0 Å². The van der Waals surface area contributed by atoms with Crippen molar-refractivity contribution in [3.8, 4) is 39.5 Å². The zero-order chi connectivity index (χ0) is 49.6. The molecule has 1 aliphatic carbocycles. The van der Waals surface area contributed by atoms with Crippen molar-refractivity contribution >= 4 is 54.5 Å². The monoisotopic (exact) mass is 1120 g/mol. The van der Waals surface area contributed by atoms with Crippen molar-refractivity contribution in [2.24, 2.45) is 0 Å². The van der Waals surface area contributed by atoms with Crippen molar-refractivity contribution < 1.29 is 24.5 Å². The standard InChI is InChI=1S/C52H47N2O.C15H16N.Ir/c1-30(2)38-24-33(32-16-10-9-11-17-32)25-39(31(3)4)48(38)54-45-23-13-12-22-44(45)53-50(54)37-20-14-19-36-41-26-34-27-43-47-35(40(34)28-46(41)55-49(36)37)18-15-21-42(47)51(5,6)29-52(43,7)8;1-15(2,3)13-9-10-16-14(11-13)12-7-5-4-6-8-12;/h9-19,21-28,30-31H,29H2,1-8H3;4-7,9-11H,1-3H3;/q2*-1;. The molecule has 12 rings (SSSR count). The summed E-state index contributed by atoms with van der Waals surface area (Å²) in [7, 11) is 0. The van der Waals surface area contributed by atoms with Gasteiger partial charge in [-0.25, -0.2) is 0 Å². The smallest absolute Gasteiger partial charge is 0.121 e. The number of aromatic nitrogens is 3. The van der Waals surface area contributed by atoms with Gasteiger partial charge in [0.05, 0.1) is 22.4 Å². The second kappa shape index (κ2) is 18.4. The number of pyridine rings is 1. The van der Waals surface area contributed by atoms with Gasteiger partial charge < -0.3 is 14.0 Å². The van der Waals surface area contributed by atoms with Crippen LogP contribution in [-0.2, 0) is 36.4 Å². The minimum atomic E-state index is 0. The van der Waals surface area contributed by atoms with Crippen molar-refractivity contribution in [3.05, 3.63) is 198 Å². The normalized spacial score (nSPS) is 14.1. The second-order valence-corrected chi connectivity index (χ2v) is 22.8. The summed E-state index contributed by atoms with van der Waals surface area (Å²) in [5.41, 5.74) is 17.4. The predicted octanol–water partition coefficient (Wildman–Crippen LogP) is 18.4. The topological polar surface area (TPSA) is 43.9 Å². The van der Waals surface area contributed by atoms with Gasteiger partial charge >= 0.3 is 0 Å². The van der Waals surface area contributed by atoms with Crippen LogP contribution in [0.4, 0.5) is 0 Å². The summed E-state index contributed by atoms with van der Waals surface area (Å²) in [5.74, 6) is 1.39. The molecule has 0 saturated carbocycles. The summed E-state index contributed by atoms with van der Waals surface area (Å²) in [6, 6.07) is 61.2. The number of rotatable bonds is 6. The van der Waals surface area contributed by atoms with Gasteiger partial charge in [-0.05, 0) is 149 Å². The molecule has 72 heavy (non-hydrogen) atoms. The van der Waals surface area contributed by atoms with E-state index >= 15 is 0 Å². The number of hydrogen-bond acceptors (Lipinski definition) is 3. The minimum absolute atomic E-state index is 0. The molecule has 4 nitrogen and oxygen atoms in total. The minimum Gasteiger partial charge on any atom is -0.501 e. The average molecular weight is 1120 g/mol. The first-order chi connectivity index (χ1) is 34.0. The van der Waals surface area contributed by atoms with E-state index < -0.39 is 0 Å². The van der Waals surface area contributed by atoms with Crippen molar-refractivity contribution in [1.29, 1.82) is 0 Å². The van der Waals surface area contributed by atoms with Gasteiger partial charge in [0, 0.05) is 37.4 Å². The Kier molecular flexibility index (Phi) is 12.5. The van der Waals surface area contributed by atoms with Crippen LogP contribution in [0.1, 0.15) is 122 Å². The quantitative estimate of drug-likeness (QED) is 0.123. The maximum Gasteiger partial charge on any atom is 0.121 e. The molecule has 363 valence electrons. The van der Waals surface area contributed by atoms with Crippen LogP contribution >= 0.6 is 0 Å². The molecule has 0 spiro atoms. The Bertz CT molecular complexity index is 3800. The van der Waals surface area contributed by atoms with Crippen LogP contribution in [-0.4, -0.2) is 14.5 Å². The van der Waals surface area contributed by atoms with Crippen LogP contribution in [0.25, 0.3) is 94.0 Å². The van der Waals surface area contributed by atoms with Crippen molar-refractivity contribution in [2.75, 3.05) is 0 Å². The van der Waals surface area contributed by atoms with E-state index in [1.807, 2.05) is 36.5 Å². The summed E-state index contributed by atoms with van der Waals surface area (Å²) in [6.45, 7) is 25.5. The van der Waals surface area contributed by atoms with E-state index in [2.05, 4.69) is 219 Å². The molecule has 0 N–H and O–H groups in total. The second-order valence-electron chi connectivity index (χ2n) is 22.8. The Hall–Kier alpha value is -6.65. The number of nitrogens with zero attached hydrogens (tertiary/aromatic N) is 3. The Balaban J connectivity index is 0.000000300. The summed E-state index contributed by atoms with van der Waals surface area (Å²) in [6.07, 6.45) is 2.98. The first-order valence-electron chi connectivity index (χ1n) is 25.4. The fraction of sp³-hybridized carbons (Fsp3) is 0.254. The average Bonchev–Trinajstić information content (AvgIpc) is 3.93. The van der Waals surface area contributed by atoms with Crippen LogP contribution in [0, 0.1) is 12.1 Å². The maximum absolute atomic E-state index is 7.01. The molecule has 1 radical (unpaired) electrons. The third kappa shape index (κ3) is 8.49. The molecule has 0 bridgehead atoms. The van der Waals surface area contributed by atoms with Crippen LogP contribution in [0.5, 0.6) is 0 Å². The molecule has 1 aliphatic rings. The van der Waals surface area contributed by atoms with E-state index in [0.29, 0.717) is 0 Å². The van der Waals surface area contributed by atoms with E-state index in [4.69, 9.17) is 9.40 Å². The molecule has 0 aliphatic heterocycles. The maximum atomic E-state index is 7.01. The number of fused-ring (bicyclic) bond motifs is 6. The molecule has 0 amide bonds. The Morgan fingerprint density at radius 2 is 1.33 bits per heavy atom. The molecule has 8 aromatic carbocycles. The molecule has 5 heteroatoms. The third-order valence-corrected chi connectivity index (χ3v) is 15.0. The SMILES string of the molecule is CC(C)(C)c1ccnc(-c2[c-]cccc2)c1.CC(C)c1cc(-c2ccccc2)cc(C(C)C)c1-n1c(-c2[c-]ccc3c2oc2cc4c(cc5c6c(cccc64)C(C)(C)CC5(C)C)cc23)nc2ccccc21.[Ir]. The van der Waals surface area contributed by atoms with E-state index in [0.717, 1.165) is 62.0 Å². The fourth-order valence-electron chi connectivity index (χ4n) is 11.6. The summed E-state index contributed by atoms with van der Waals surface area (Å²) in [4.78, 5) is 9.79. The molecule has 0 atom stereocenters. The first-order valence-corrected chi connectivity index (χ1v) is 25.4. The molecular weight excluding hydrogens is 1050 g/mol. The van der Waals surface area contributed by atoms with E-state index in [1.165, 1.54) is 66.2 Å². The third-order valence-electron chi connectivity index (χ3n) is 15.0. The van der Waals surface area contributed by atoms with Gasteiger partial charge in [0.25, 0.3) is 0 Å². The zero-order valence-corrected chi connectivity index (χ0v) is 45.9. The van der Waals surface area contributed by atoms with E-state index in [1.54, 1.807) is 0 Å². The summed E-state index contributed by atoms with van der Waals surface area (Å²) in [5, 5.41) is 7.42. The summed E-state index contributed by atoms with van der Waals surface area (Å²) >= 11 is 0. The number of para-hydroxylation sites is 2. The van der Waals surface area contributed by atoms with Gasteiger partial charge in [0.15, 0.2) is 0 Å². The number of imidazole rings is 1. The van der Waals surface area contributed by atoms with Gasteiger partial charge in [-0.1, -0.05) is 154 Å². The van der Waals surface area contributed by atoms with Gasteiger partial charge in [-0.15, -0.1) is 54.1 Å². The predicted molar refractivity (Wildman–Crippen MR) is 299 cm³/mol. The molecule has 11 aromatic rings. The van der Waals surface area contributed by atoms with E-state index in [9.17, 15) is 0 Å².